The van der Waals surface area contributed by atoms with Gasteiger partial charge in [-0.1, -0.05) is 40.2 Å². The Morgan fingerprint density at radius 3 is 2.43 bits per heavy atom. The van der Waals surface area contributed by atoms with Crippen LogP contribution in [0.15, 0.2) is 57.9 Å². The number of benzene rings is 2. The second-order valence-electron chi connectivity index (χ2n) is 6.16. The molecule has 0 aliphatic heterocycles. The number of nitrogens with one attached hydrogen (secondary N) is 1. The second-order valence-corrected chi connectivity index (χ2v) is 8.73. The maximum Gasteiger partial charge on any atom is 0.289 e. The number of nitrogens with zero attached hydrogens (tertiary/aromatic N) is 3. The van der Waals surface area contributed by atoms with Crippen LogP contribution in [0.4, 0.5) is 11.4 Å². The molecule has 1 heterocycles. The molecule has 146 valence electrons. The Bertz CT molecular complexity index is 1140. The van der Waals surface area contributed by atoms with E-state index in [1.807, 2.05) is 24.3 Å². The Labute approximate surface area is 170 Å². The van der Waals surface area contributed by atoms with Gasteiger partial charge in [0, 0.05) is 10.5 Å². The van der Waals surface area contributed by atoms with Crippen LogP contribution >= 0.6 is 15.9 Å². The van der Waals surface area contributed by atoms with Gasteiger partial charge < -0.3 is 0 Å². The van der Waals surface area contributed by atoms with Crippen molar-refractivity contribution in [3.05, 3.63) is 80.1 Å². The van der Waals surface area contributed by atoms with Crippen LogP contribution in [0, 0.1) is 24.0 Å². The van der Waals surface area contributed by atoms with Gasteiger partial charge in [-0.05, 0) is 37.6 Å². The quantitative estimate of drug-likeness (QED) is 0.437. The summed E-state index contributed by atoms with van der Waals surface area (Å²) in [7, 11) is -4.15. The highest BCUT2D eigenvalue weighted by Gasteiger charge is 2.27. The van der Waals surface area contributed by atoms with Gasteiger partial charge in [0.1, 0.15) is 0 Å². The van der Waals surface area contributed by atoms with E-state index in [0.717, 1.165) is 16.1 Å². The van der Waals surface area contributed by atoms with Crippen LogP contribution in [-0.2, 0) is 16.6 Å². The summed E-state index contributed by atoms with van der Waals surface area (Å²) >= 11 is 3.39. The fourth-order valence-electron chi connectivity index (χ4n) is 2.79. The monoisotopic (exact) mass is 464 g/mol. The summed E-state index contributed by atoms with van der Waals surface area (Å²) in [6.07, 6.45) is 0. The van der Waals surface area contributed by atoms with E-state index in [-0.39, 0.29) is 4.90 Å². The van der Waals surface area contributed by atoms with E-state index < -0.39 is 20.6 Å². The molecule has 0 amide bonds. The van der Waals surface area contributed by atoms with E-state index in [2.05, 4.69) is 25.8 Å². The van der Waals surface area contributed by atoms with Crippen molar-refractivity contribution in [2.45, 2.75) is 25.3 Å². The number of aryl methyl sites for hydroxylation is 1. The number of hydrogen-bond donors (Lipinski definition) is 1. The maximum absolute atomic E-state index is 12.8. The summed E-state index contributed by atoms with van der Waals surface area (Å²) in [4.78, 5) is 10.1. The SMILES string of the molecule is Cc1nn(Cc2ccc(Br)cc2)c(C)c1NS(=O)(=O)c1ccccc1[N+](=O)[O-]. The number of nitro groups is 1. The minimum Gasteiger partial charge on any atom is -0.276 e. The fourth-order valence-corrected chi connectivity index (χ4v) is 4.40. The van der Waals surface area contributed by atoms with Gasteiger partial charge in [-0.25, -0.2) is 8.42 Å². The number of halogens is 1. The standard InChI is InChI=1S/C18H17BrN4O4S/c1-12-18(13(2)22(20-12)11-14-7-9-15(19)10-8-14)21-28(26,27)17-6-4-3-5-16(17)23(24)25/h3-10,21H,11H2,1-2H3. The number of aromatic nitrogens is 2. The van der Waals surface area contributed by atoms with Crippen LogP contribution in [0.25, 0.3) is 0 Å². The molecule has 0 unspecified atom stereocenters. The zero-order valence-corrected chi connectivity index (χ0v) is 17.5. The number of sulfonamides is 1. The molecule has 0 spiro atoms. The van der Waals surface area contributed by atoms with Crippen molar-refractivity contribution in [2.24, 2.45) is 0 Å². The number of rotatable bonds is 6. The third-order valence-electron chi connectivity index (χ3n) is 4.21. The van der Waals surface area contributed by atoms with E-state index in [9.17, 15) is 18.5 Å². The Morgan fingerprint density at radius 1 is 1.14 bits per heavy atom. The largest absolute Gasteiger partial charge is 0.289 e. The molecule has 8 nitrogen and oxygen atoms in total. The van der Waals surface area contributed by atoms with Gasteiger partial charge in [0.2, 0.25) is 0 Å². The average molecular weight is 465 g/mol. The first-order chi connectivity index (χ1) is 13.2. The molecule has 0 bridgehead atoms. The highest BCUT2D eigenvalue weighted by molar-refractivity contribution is 9.10. The van der Waals surface area contributed by atoms with Gasteiger partial charge in [-0.15, -0.1) is 0 Å². The summed E-state index contributed by atoms with van der Waals surface area (Å²) in [5.41, 5.74) is 1.93. The van der Waals surface area contributed by atoms with Crippen LogP contribution in [0.1, 0.15) is 17.0 Å². The van der Waals surface area contributed by atoms with Crippen molar-refractivity contribution in [2.75, 3.05) is 4.72 Å². The van der Waals surface area contributed by atoms with Crippen molar-refractivity contribution in [3.8, 4) is 0 Å². The predicted molar refractivity (Wildman–Crippen MR) is 109 cm³/mol. The average Bonchev–Trinajstić information content (AvgIpc) is 2.90. The van der Waals surface area contributed by atoms with Crippen molar-refractivity contribution >= 4 is 37.3 Å². The molecular formula is C18H17BrN4O4S. The molecule has 0 aliphatic rings. The maximum atomic E-state index is 12.8. The Morgan fingerprint density at radius 2 is 1.79 bits per heavy atom. The van der Waals surface area contributed by atoms with Gasteiger partial charge >= 0.3 is 0 Å². The molecule has 0 aliphatic carbocycles. The van der Waals surface area contributed by atoms with E-state index in [1.165, 1.54) is 18.2 Å². The number of anilines is 1. The first-order valence-corrected chi connectivity index (χ1v) is 10.5. The van der Waals surface area contributed by atoms with Crippen LogP contribution < -0.4 is 4.72 Å². The number of para-hydroxylation sites is 1. The predicted octanol–water partition coefficient (Wildman–Crippen LogP) is 4.02. The van der Waals surface area contributed by atoms with Gasteiger partial charge in [0.25, 0.3) is 15.7 Å². The van der Waals surface area contributed by atoms with Crippen molar-refractivity contribution < 1.29 is 13.3 Å². The molecule has 0 saturated carbocycles. The van der Waals surface area contributed by atoms with E-state index in [1.54, 1.807) is 18.5 Å². The highest BCUT2D eigenvalue weighted by Crippen LogP contribution is 2.28. The third kappa shape index (κ3) is 4.07. The Balaban J connectivity index is 1.94. The zero-order valence-electron chi connectivity index (χ0n) is 15.1. The lowest BCUT2D eigenvalue weighted by Crippen LogP contribution is -2.16. The molecule has 28 heavy (non-hydrogen) atoms. The summed E-state index contributed by atoms with van der Waals surface area (Å²) < 4.78 is 30.7. The molecule has 1 N–H and O–H groups in total. The van der Waals surface area contributed by atoms with E-state index in [4.69, 9.17) is 0 Å². The van der Waals surface area contributed by atoms with Crippen molar-refractivity contribution in [1.29, 1.82) is 0 Å². The van der Waals surface area contributed by atoms with Crippen LogP contribution in [0.2, 0.25) is 0 Å². The van der Waals surface area contributed by atoms with Gasteiger partial charge in [-0.3, -0.25) is 19.5 Å². The summed E-state index contributed by atoms with van der Waals surface area (Å²) in [5.74, 6) is 0. The molecule has 10 heteroatoms. The molecule has 1 aromatic heterocycles. The molecule has 3 aromatic rings. The third-order valence-corrected chi connectivity index (χ3v) is 6.14. The Hall–Kier alpha value is -2.72. The molecule has 0 radical (unpaired) electrons. The lowest BCUT2D eigenvalue weighted by atomic mass is 10.2. The fraction of sp³-hybridized carbons (Fsp3) is 0.167. The first kappa shape index (κ1) is 20.0. The van der Waals surface area contributed by atoms with Crippen molar-refractivity contribution in [1.82, 2.24) is 9.78 Å². The second kappa shape index (κ2) is 7.72. The topological polar surface area (TPSA) is 107 Å². The highest BCUT2D eigenvalue weighted by atomic mass is 79.9. The van der Waals surface area contributed by atoms with Gasteiger partial charge in [0.15, 0.2) is 4.90 Å². The lowest BCUT2D eigenvalue weighted by molar-refractivity contribution is -0.387. The Kier molecular flexibility index (Phi) is 5.52. The molecule has 0 saturated heterocycles. The molecule has 2 aromatic carbocycles. The summed E-state index contributed by atoms with van der Waals surface area (Å²) in [6.45, 7) is 3.89. The smallest absolute Gasteiger partial charge is 0.276 e. The lowest BCUT2D eigenvalue weighted by Gasteiger charge is -2.09. The minimum absolute atomic E-state index is 0.315. The number of hydrogen-bond acceptors (Lipinski definition) is 5. The van der Waals surface area contributed by atoms with E-state index in [0.29, 0.717) is 23.6 Å². The molecular weight excluding hydrogens is 448 g/mol. The van der Waals surface area contributed by atoms with Crippen molar-refractivity contribution in [3.63, 3.8) is 0 Å². The summed E-state index contributed by atoms with van der Waals surface area (Å²) in [6, 6.07) is 12.9. The van der Waals surface area contributed by atoms with Crippen LogP contribution in [-0.4, -0.2) is 23.1 Å². The first-order valence-electron chi connectivity index (χ1n) is 8.24. The molecule has 0 atom stereocenters. The van der Waals surface area contributed by atoms with Gasteiger partial charge in [-0.2, -0.15) is 5.10 Å². The zero-order chi connectivity index (χ0) is 20.5. The van der Waals surface area contributed by atoms with Crippen LogP contribution in [0.3, 0.4) is 0 Å². The normalized spacial score (nSPS) is 11.4. The van der Waals surface area contributed by atoms with Crippen LogP contribution in [0.5, 0.6) is 0 Å². The number of nitro benzene ring substituents is 1. The van der Waals surface area contributed by atoms with E-state index >= 15 is 0 Å². The minimum atomic E-state index is -4.15. The molecule has 0 fully saturated rings. The van der Waals surface area contributed by atoms with Gasteiger partial charge in [0.05, 0.1) is 28.5 Å². The molecule has 3 rings (SSSR count). The summed E-state index contributed by atoms with van der Waals surface area (Å²) in [5, 5.41) is 15.6.